The highest BCUT2D eigenvalue weighted by Gasteiger charge is 2.05. The van der Waals surface area contributed by atoms with Crippen molar-refractivity contribution in [2.45, 2.75) is 25.7 Å². The van der Waals surface area contributed by atoms with Gasteiger partial charge in [-0.1, -0.05) is 25.0 Å². The number of hydrogen-bond acceptors (Lipinski definition) is 5. The lowest BCUT2D eigenvalue weighted by molar-refractivity contribution is 0.660. The van der Waals surface area contributed by atoms with Gasteiger partial charge in [0.2, 0.25) is 5.95 Å². The minimum Gasteiger partial charge on any atom is -0.372 e. The van der Waals surface area contributed by atoms with Gasteiger partial charge in [0.05, 0.1) is 5.52 Å². The van der Waals surface area contributed by atoms with Crippen LogP contribution in [-0.2, 0) is 0 Å². The lowest BCUT2D eigenvalue weighted by atomic mass is 10.2. The van der Waals surface area contributed by atoms with Crippen molar-refractivity contribution < 1.29 is 0 Å². The Labute approximate surface area is 120 Å². The number of hydrogen-bond donors (Lipinski definition) is 3. The van der Waals surface area contributed by atoms with E-state index in [-0.39, 0.29) is 0 Å². The van der Waals surface area contributed by atoms with Crippen LogP contribution in [0.3, 0.4) is 0 Å². The van der Waals surface area contributed by atoms with Gasteiger partial charge in [-0.05, 0) is 31.5 Å². The van der Waals surface area contributed by atoms with Crippen LogP contribution in [0.4, 0.5) is 11.8 Å². The SMILES string of the molecule is CNc1nc(NCCCCCCN)nc2ccccc12. The fourth-order valence-corrected chi connectivity index (χ4v) is 2.17. The van der Waals surface area contributed by atoms with Crippen molar-refractivity contribution in [1.82, 2.24) is 9.97 Å². The average molecular weight is 273 g/mol. The first kappa shape index (κ1) is 14.5. The van der Waals surface area contributed by atoms with Gasteiger partial charge in [-0.15, -0.1) is 0 Å². The maximum atomic E-state index is 5.48. The molecule has 0 unspecified atom stereocenters. The Morgan fingerprint density at radius 2 is 1.85 bits per heavy atom. The minimum absolute atomic E-state index is 0.687. The molecule has 108 valence electrons. The molecule has 0 saturated heterocycles. The maximum absolute atomic E-state index is 5.48. The molecule has 0 atom stereocenters. The van der Waals surface area contributed by atoms with Crippen LogP contribution < -0.4 is 16.4 Å². The smallest absolute Gasteiger partial charge is 0.225 e. The molecule has 4 N–H and O–H groups in total. The molecule has 0 aliphatic carbocycles. The quantitative estimate of drug-likeness (QED) is 0.645. The highest BCUT2D eigenvalue weighted by molar-refractivity contribution is 5.89. The van der Waals surface area contributed by atoms with E-state index in [1.54, 1.807) is 0 Å². The Morgan fingerprint density at radius 1 is 1.05 bits per heavy atom. The molecule has 20 heavy (non-hydrogen) atoms. The Morgan fingerprint density at radius 3 is 2.65 bits per heavy atom. The van der Waals surface area contributed by atoms with E-state index in [2.05, 4.69) is 20.6 Å². The molecule has 1 aromatic heterocycles. The summed E-state index contributed by atoms with van der Waals surface area (Å²) in [7, 11) is 1.88. The first-order valence-corrected chi connectivity index (χ1v) is 7.23. The second kappa shape index (κ2) is 7.65. The molecule has 2 aromatic rings. The van der Waals surface area contributed by atoms with Crippen LogP contribution in [-0.4, -0.2) is 30.1 Å². The summed E-state index contributed by atoms with van der Waals surface area (Å²) in [6.45, 7) is 1.68. The molecule has 0 spiro atoms. The van der Waals surface area contributed by atoms with Crippen LogP contribution >= 0.6 is 0 Å². The predicted octanol–water partition coefficient (Wildman–Crippen LogP) is 2.60. The van der Waals surface area contributed by atoms with Crippen molar-refractivity contribution in [3.63, 3.8) is 0 Å². The third-order valence-electron chi connectivity index (χ3n) is 3.25. The summed E-state index contributed by atoms with van der Waals surface area (Å²) in [5, 5.41) is 7.46. The van der Waals surface area contributed by atoms with Gasteiger partial charge in [-0.25, -0.2) is 4.98 Å². The third-order valence-corrected chi connectivity index (χ3v) is 3.25. The average Bonchev–Trinajstić information content (AvgIpc) is 2.50. The maximum Gasteiger partial charge on any atom is 0.225 e. The topological polar surface area (TPSA) is 75.9 Å². The van der Waals surface area contributed by atoms with Gasteiger partial charge in [0.25, 0.3) is 0 Å². The Bertz CT molecular complexity index is 541. The van der Waals surface area contributed by atoms with Crippen LogP contribution in [0.25, 0.3) is 10.9 Å². The van der Waals surface area contributed by atoms with Crippen LogP contribution in [0, 0.1) is 0 Å². The number of nitrogens with two attached hydrogens (primary N) is 1. The van der Waals surface area contributed by atoms with Crippen molar-refractivity contribution in [2.24, 2.45) is 5.73 Å². The van der Waals surface area contributed by atoms with Crippen molar-refractivity contribution in [2.75, 3.05) is 30.8 Å². The third kappa shape index (κ3) is 3.81. The Kier molecular flexibility index (Phi) is 5.55. The number of anilines is 2. The molecule has 1 heterocycles. The first-order valence-electron chi connectivity index (χ1n) is 7.23. The number of rotatable bonds is 8. The summed E-state index contributed by atoms with van der Waals surface area (Å²) in [6, 6.07) is 8.02. The summed E-state index contributed by atoms with van der Waals surface area (Å²) < 4.78 is 0. The summed E-state index contributed by atoms with van der Waals surface area (Å²) in [5.74, 6) is 1.55. The van der Waals surface area contributed by atoms with E-state index in [4.69, 9.17) is 5.73 Å². The van der Waals surface area contributed by atoms with Crippen molar-refractivity contribution >= 4 is 22.7 Å². The predicted molar refractivity (Wildman–Crippen MR) is 85.1 cm³/mol. The summed E-state index contributed by atoms with van der Waals surface area (Å²) in [4.78, 5) is 9.04. The van der Waals surface area contributed by atoms with Gasteiger partial charge in [-0.3, -0.25) is 0 Å². The normalized spacial score (nSPS) is 10.7. The molecule has 5 nitrogen and oxygen atoms in total. The molecule has 5 heteroatoms. The molecule has 0 aliphatic heterocycles. The fraction of sp³-hybridized carbons (Fsp3) is 0.467. The van der Waals surface area contributed by atoms with E-state index in [1.165, 1.54) is 12.8 Å². The minimum atomic E-state index is 0.687. The molecule has 0 saturated carbocycles. The van der Waals surface area contributed by atoms with E-state index in [0.29, 0.717) is 5.95 Å². The number of aromatic nitrogens is 2. The number of nitrogens with one attached hydrogen (secondary N) is 2. The number of nitrogens with zero attached hydrogens (tertiary/aromatic N) is 2. The lowest BCUT2D eigenvalue weighted by Gasteiger charge is -2.09. The van der Waals surface area contributed by atoms with Gasteiger partial charge >= 0.3 is 0 Å². The van der Waals surface area contributed by atoms with E-state index in [0.717, 1.165) is 42.7 Å². The van der Waals surface area contributed by atoms with Crippen molar-refractivity contribution in [3.8, 4) is 0 Å². The van der Waals surface area contributed by atoms with Gasteiger partial charge in [0.15, 0.2) is 0 Å². The Hall–Kier alpha value is -1.88. The number of unbranched alkanes of at least 4 members (excludes halogenated alkanes) is 3. The molecule has 0 amide bonds. The van der Waals surface area contributed by atoms with Crippen molar-refractivity contribution in [3.05, 3.63) is 24.3 Å². The Balaban J connectivity index is 1.96. The second-order valence-corrected chi connectivity index (χ2v) is 4.79. The standard InChI is InChI=1S/C15H23N5/c1-17-14-12-8-4-5-9-13(12)19-15(20-14)18-11-7-3-2-6-10-16/h4-5,8-9H,2-3,6-7,10-11,16H2,1H3,(H2,17,18,19,20). The van der Waals surface area contributed by atoms with Crippen LogP contribution in [0.2, 0.25) is 0 Å². The van der Waals surface area contributed by atoms with Crippen LogP contribution in [0.1, 0.15) is 25.7 Å². The largest absolute Gasteiger partial charge is 0.372 e. The van der Waals surface area contributed by atoms with E-state index < -0.39 is 0 Å². The fourth-order valence-electron chi connectivity index (χ4n) is 2.17. The molecule has 1 aromatic carbocycles. The zero-order valence-corrected chi connectivity index (χ0v) is 12.0. The summed E-state index contributed by atoms with van der Waals surface area (Å²) in [5.41, 5.74) is 6.43. The van der Waals surface area contributed by atoms with Gasteiger partial charge in [-0.2, -0.15) is 4.98 Å². The number of para-hydroxylation sites is 1. The van der Waals surface area contributed by atoms with Crippen LogP contribution in [0.15, 0.2) is 24.3 Å². The van der Waals surface area contributed by atoms with Crippen LogP contribution in [0.5, 0.6) is 0 Å². The first-order chi connectivity index (χ1) is 9.85. The van der Waals surface area contributed by atoms with E-state index in [9.17, 15) is 0 Å². The summed E-state index contributed by atoms with van der Waals surface area (Å²) in [6.07, 6.45) is 4.61. The number of benzene rings is 1. The second-order valence-electron chi connectivity index (χ2n) is 4.79. The zero-order chi connectivity index (χ0) is 14.2. The molecular weight excluding hydrogens is 250 g/mol. The monoisotopic (exact) mass is 273 g/mol. The molecular formula is C15H23N5. The highest BCUT2D eigenvalue weighted by atomic mass is 15.1. The van der Waals surface area contributed by atoms with Gasteiger partial charge < -0.3 is 16.4 Å². The van der Waals surface area contributed by atoms with E-state index >= 15 is 0 Å². The van der Waals surface area contributed by atoms with Gasteiger partial charge in [0.1, 0.15) is 5.82 Å². The summed E-state index contributed by atoms with van der Waals surface area (Å²) >= 11 is 0. The molecule has 0 bridgehead atoms. The molecule has 0 aliphatic rings. The zero-order valence-electron chi connectivity index (χ0n) is 12.0. The molecule has 2 rings (SSSR count). The lowest BCUT2D eigenvalue weighted by Crippen LogP contribution is -2.07. The number of fused-ring (bicyclic) bond motifs is 1. The van der Waals surface area contributed by atoms with E-state index in [1.807, 2.05) is 31.3 Å². The van der Waals surface area contributed by atoms with Gasteiger partial charge in [0, 0.05) is 19.0 Å². The molecule has 0 fully saturated rings. The molecule has 0 radical (unpaired) electrons. The van der Waals surface area contributed by atoms with Crippen molar-refractivity contribution in [1.29, 1.82) is 0 Å². The highest BCUT2D eigenvalue weighted by Crippen LogP contribution is 2.21.